The molecule has 1 aromatic rings. The molecule has 0 N–H and O–H groups in total. The maximum atomic E-state index is 11.5. The highest BCUT2D eigenvalue weighted by molar-refractivity contribution is 6.34. The second-order valence-corrected chi connectivity index (χ2v) is 3.56. The van der Waals surface area contributed by atoms with Gasteiger partial charge in [-0.25, -0.2) is 9.67 Å². The van der Waals surface area contributed by atoms with Gasteiger partial charge in [0.2, 0.25) is 5.82 Å². The Labute approximate surface area is 88.9 Å². The van der Waals surface area contributed by atoms with Gasteiger partial charge >= 0.3 is 5.91 Å². The Hall–Kier alpha value is -1.82. The van der Waals surface area contributed by atoms with Crippen LogP contribution in [0.2, 0.25) is 0 Å². The van der Waals surface area contributed by atoms with Crippen LogP contribution < -0.4 is 0 Å². The number of carbonyl (C=O) groups excluding carboxylic acids is 1. The largest absolute Gasteiger partial charge is 0.316 e. The Kier molecular flexibility index (Phi) is 1.60. The number of tetrazole rings is 1. The van der Waals surface area contributed by atoms with Crippen molar-refractivity contribution in [1.29, 1.82) is 0 Å². The average Bonchev–Trinajstić information content (AvgIpc) is 2.66. The number of hydrogen-bond acceptors (Lipinski definition) is 4. The first-order chi connectivity index (χ1) is 7.25. The van der Waals surface area contributed by atoms with Gasteiger partial charge in [-0.1, -0.05) is 17.7 Å². The third kappa shape index (κ3) is 1.15. The molecule has 1 aliphatic heterocycles. The Balaban J connectivity index is 2.19. The van der Waals surface area contributed by atoms with Crippen LogP contribution in [0.1, 0.15) is 16.7 Å². The van der Waals surface area contributed by atoms with Crippen molar-refractivity contribution in [3.05, 3.63) is 29.1 Å². The van der Waals surface area contributed by atoms with Gasteiger partial charge < -0.3 is 0 Å². The summed E-state index contributed by atoms with van der Waals surface area (Å²) in [6, 6.07) is -0.227. The van der Waals surface area contributed by atoms with Crippen LogP contribution in [0.4, 0.5) is 0 Å². The minimum Gasteiger partial charge on any atom is -0.263 e. The summed E-state index contributed by atoms with van der Waals surface area (Å²) in [6.07, 6.45) is 5.16. The second-order valence-electron chi connectivity index (χ2n) is 3.12. The minimum absolute atomic E-state index is 0.153. The summed E-state index contributed by atoms with van der Waals surface area (Å²) in [5, 5.41) is 11.3. The molecule has 74 valence electrons. The molecule has 1 amide bonds. The third-order valence-electron chi connectivity index (χ3n) is 2.20. The maximum Gasteiger partial charge on any atom is 0.316 e. The number of hydrogen-bond donors (Lipinski definition) is 0. The molecule has 2 aliphatic rings. The lowest BCUT2D eigenvalue weighted by molar-refractivity contribution is 0.0982. The topological polar surface area (TPSA) is 73.0 Å². The predicted octanol–water partition coefficient (Wildman–Crippen LogP) is 0.501. The van der Waals surface area contributed by atoms with E-state index in [0.29, 0.717) is 10.7 Å². The summed E-state index contributed by atoms with van der Waals surface area (Å²) in [5.41, 5.74) is 0.562. The normalized spacial score (nSPS) is 23.0. The quantitative estimate of drug-likeness (QED) is 0.640. The van der Waals surface area contributed by atoms with Crippen LogP contribution in [0, 0.1) is 0 Å². The Bertz CT molecular complexity index is 541. The molecule has 7 heteroatoms. The lowest BCUT2D eigenvalue weighted by Crippen LogP contribution is -2.28. The zero-order valence-electron chi connectivity index (χ0n) is 7.33. The van der Waals surface area contributed by atoms with E-state index in [1.165, 1.54) is 4.68 Å². The highest BCUT2D eigenvalue weighted by Gasteiger charge is 2.30. The number of fused-ring (bicyclic) bond motifs is 3. The van der Waals surface area contributed by atoms with Gasteiger partial charge in [-0.2, -0.15) is 0 Å². The molecule has 0 saturated heterocycles. The number of halogens is 1. The van der Waals surface area contributed by atoms with Crippen molar-refractivity contribution in [3.8, 4) is 0 Å². The van der Waals surface area contributed by atoms with E-state index in [1.54, 1.807) is 18.2 Å². The van der Waals surface area contributed by atoms with E-state index in [1.807, 2.05) is 0 Å². The Morgan fingerprint density at radius 2 is 2.33 bits per heavy atom. The van der Waals surface area contributed by atoms with Crippen LogP contribution >= 0.6 is 11.6 Å². The van der Waals surface area contributed by atoms with Gasteiger partial charge in [-0.3, -0.25) is 4.79 Å². The zero-order valence-corrected chi connectivity index (χ0v) is 8.09. The summed E-state index contributed by atoms with van der Waals surface area (Å²) in [4.78, 5) is 15.3. The van der Waals surface area contributed by atoms with Crippen LogP contribution in [0.5, 0.6) is 0 Å². The van der Waals surface area contributed by atoms with Crippen molar-refractivity contribution in [3.63, 3.8) is 0 Å². The van der Waals surface area contributed by atoms with Gasteiger partial charge in [-0.15, -0.1) is 5.10 Å². The first-order valence-electron chi connectivity index (χ1n) is 4.22. The van der Waals surface area contributed by atoms with Crippen molar-refractivity contribution in [1.82, 2.24) is 20.2 Å². The molecule has 15 heavy (non-hydrogen) atoms. The summed E-state index contributed by atoms with van der Waals surface area (Å²) in [5.74, 6) is -0.290. The number of nitrogens with zero attached hydrogens (tertiary/aromatic N) is 5. The van der Waals surface area contributed by atoms with E-state index in [9.17, 15) is 4.79 Å². The van der Waals surface area contributed by atoms with Crippen molar-refractivity contribution in [2.45, 2.75) is 6.04 Å². The molecule has 0 fully saturated rings. The molecule has 1 unspecified atom stereocenters. The van der Waals surface area contributed by atoms with Gasteiger partial charge in [0.15, 0.2) is 0 Å². The smallest absolute Gasteiger partial charge is 0.263 e. The van der Waals surface area contributed by atoms with E-state index >= 15 is 0 Å². The van der Waals surface area contributed by atoms with Crippen molar-refractivity contribution < 1.29 is 4.79 Å². The number of carbonyl (C=O) groups is 1. The number of aromatic nitrogens is 4. The SMILES string of the molecule is O=C1N=C2C=C(Cl)C=CC2n2nnnc21. The molecular formula is C8H4ClN5O. The van der Waals surface area contributed by atoms with Gasteiger partial charge in [0.05, 0.1) is 5.71 Å². The molecule has 3 rings (SSSR count). The first kappa shape index (κ1) is 8.49. The lowest BCUT2D eigenvalue weighted by atomic mass is 10.1. The fourth-order valence-electron chi connectivity index (χ4n) is 1.55. The Morgan fingerprint density at radius 3 is 3.20 bits per heavy atom. The van der Waals surface area contributed by atoms with Crippen molar-refractivity contribution in [2.75, 3.05) is 0 Å². The van der Waals surface area contributed by atoms with Gasteiger partial charge in [0.25, 0.3) is 0 Å². The van der Waals surface area contributed by atoms with Crippen molar-refractivity contribution >= 4 is 23.2 Å². The zero-order chi connectivity index (χ0) is 10.4. The highest BCUT2D eigenvalue weighted by atomic mass is 35.5. The molecule has 0 spiro atoms. The number of aliphatic imine (C=N–C) groups is 1. The van der Waals surface area contributed by atoms with E-state index in [0.717, 1.165) is 0 Å². The fourth-order valence-corrected chi connectivity index (χ4v) is 1.74. The van der Waals surface area contributed by atoms with E-state index in [-0.39, 0.29) is 11.9 Å². The summed E-state index contributed by atoms with van der Waals surface area (Å²) in [7, 11) is 0. The van der Waals surface area contributed by atoms with Crippen LogP contribution in [-0.2, 0) is 0 Å². The van der Waals surface area contributed by atoms with Gasteiger partial charge in [0, 0.05) is 5.03 Å². The minimum atomic E-state index is -0.442. The molecule has 2 heterocycles. The molecule has 1 atom stereocenters. The molecular weight excluding hydrogens is 218 g/mol. The molecule has 0 bridgehead atoms. The maximum absolute atomic E-state index is 11.5. The Morgan fingerprint density at radius 1 is 1.47 bits per heavy atom. The summed E-state index contributed by atoms with van der Waals surface area (Å²) in [6.45, 7) is 0. The van der Waals surface area contributed by atoms with Crippen LogP contribution in [-0.4, -0.2) is 31.8 Å². The molecule has 0 radical (unpaired) electrons. The third-order valence-corrected chi connectivity index (χ3v) is 2.44. The number of amides is 1. The van der Waals surface area contributed by atoms with Crippen LogP contribution in [0.25, 0.3) is 0 Å². The molecule has 1 aliphatic carbocycles. The summed E-state index contributed by atoms with van der Waals surface area (Å²) < 4.78 is 1.43. The van der Waals surface area contributed by atoms with Gasteiger partial charge in [0.1, 0.15) is 6.04 Å². The van der Waals surface area contributed by atoms with Crippen molar-refractivity contribution in [2.24, 2.45) is 4.99 Å². The molecule has 6 nitrogen and oxygen atoms in total. The first-order valence-corrected chi connectivity index (χ1v) is 4.60. The van der Waals surface area contributed by atoms with Crippen LogP contribution in [0.3, 0.4) is 0 Å². The van der Waals surface area contributed by atoms with Crippen LogP contribution in [0.15, 0.2) is 28.3 Å². The molecule has 0 aromatic carbocycles. The number of rotatable bonds is 0. The van der Waals surface area contributed by atoms with Gasteiger partial charge in [-0.05, 0) is 22.6 Å². The predicted molar refractivity (Wildman–Crippen MR) is 51.7 cm³/mol. The van der Waals surface area contributed by atoms with E-state index in [2.05, 4.69) is 20.5 Å². The van der Waals surface area contributed by atoms with E-state index < -0.39 is 5.91 Å². The standard InChI is InChI=1S/C8H4ClN5O/c9-4-1-2-6-5(3-4)10-8(15)7-11-12-13-14(6)7/h1-3,6H. The monoisotopic (exact) mass is 221 g/mol. The van der Waals surface area contributed by atoms with E-state index in [4.69, 9.17) is 11.6 Å². The number of allylic oxidation sites excluding steroid dienone is 4. The second kappa shape index (κ2) is 2.83. The summed E-state index contributed by atoms with van der Waals surface area (Å²) >= 11 is 5.81. The highest BCUT2D eigenvalue weighted by Crippen LogP contribution is 2.24. The average molecular weight is 222 g/mol. The molecule has 0 saturated carbocycles. The fraction of sp³-hybridized carbons (Fsp3) is 0.125. The molecule has 1 aromatic heterocycles. The lowest BCUT2D eigenvalue weighted by Gasteiger charge is -2.20.